The van der Waals surface area contributed by atoms with Crippen LogP contribution in [0.4, 0.5) is 0 Å². The molecule has 1 aliphatic heterocycles. The minimum atomic E-state index is 0. The molecule has 0 aromatic heterocycles. The first-order valence-corrected chi connectivity index (χ1v) is 10.7. The second-order valence-electron chi connectivity index (χ2n) is 8.59. The van der Waals surface area contributed by atoms with E-state index in [0.717, 1.165) is 52.4 Å². The molecule has 25 heavy (non-hydrogen) atoms. The molecule has 4 bridgehead atoms. The van der Waals surface area contributed by atoms with Crippen LogP contribution in [0, 0.1) is 23.7 Å². The zero-order valence-corrected chi connectivity index (χ0v) is 17.5. The van der Waals surface area contributed by atoms with Crippen molar-refractivity contribution in [1.29, 1.82) is 0 Å². The van der Waals surface area contributed by atoms with Crippen LogP contribution >= 0.6 is 0 Å². The molecule has 1 heterocycles. The van der Waals surface area contributed by atoms with Gasteiger partial charge in [0.15, 0.2) is 0 Å². The Morgan fingerprint density at radius 3 is 0.840 bits per heavy atom. The van der Waals surface area contributed by atoms with E-state index in [0.29, 0.717) is 0 Å². The van der Waals surface area contributed by atoms with Crippen molar-refractivity contribution >= 4 is 0 Å². The van der Waals surface area contributed by atoms with Gasteiger partial charge in [-0.2, -0.15) is 0 Å². The zero-order chi connectivity index (χ0) is 16.5. The summed E-state index contributed by atoms with van der Waals surface area (Å²) in [6, 6.07) is 0. The standard InChI is InChI=1S/C10H24N4.C10H16.V/c1-3-11-7-9-13-5-2-6-14-10-8-12-4-1;1-7-2-9-4-8(1)5-10(3-7)6-9;/h11-14H,1-10H2;7-10H,1-6H2;. The fourth-order valence-electron chi connectivity index (χ4n) is 5.51. The Morgan fingerprint density at radius 2 is 0.600 bits per heavy atom. The smallest absolute Gasteiger partial charge is 0.00767 e. The van der Waals surface area contributed by atoms with Crippen molar-refractivity contribution in [1.82, 2.24) is 21.3 Å². The van der Waals surface area contributed by atoms with E-state index in [1.54, 1.807) is 38.5 Å². The first-order chi connectivity index (χ1) is 11.9. The summed E-state index contributed by atoms with van der Waals surface area (Å²) >= 11 is 0. The Balaban J connectivity index is 0.000000180. The van der Waals surface area contributed by atoms with Gasteiger partial charge in [0.05, 0.1) is 0 Å². The predicted octanol–water partition coefficient (Wildman–Crippen LogP) is 1.97. The maximum absolute atomic E-state index is 3.42. The van der Waals surface area contributed by atoms with Crippen LogP contribution in [0.2, 0.25) is 0 Å². The van der Waals surface area contributed by atoms with Crippen LogP contribution in [-0.2, 0) is 18.6 Å². The van der Waals surface area contributed by atoms with Gasteiger partial charge in [-0.05, 0) is 101 Å². The number of rotatable bonds is 0. The summed E-state index contributed by atoms with van der Waals surface area (Å²) in [5, 5.41) is 13.7. The second kappa shape index (κ2) is 12.7. The topological polar surface area (TPSA) is 48.1 Å². The van der Waals surface area contributed by atoms with E-state index in [4.69, 9.17) is 0 Å². The quantitative estimate of drug-likeness (QED) is 0.513. The third kappa shape index (κ3) is 8.32. The van der Waals surface area contributed by atoms with Crippen LogP contribution in [-0.4, -0.2) is 52.4 Å². The fourth-order valence-corrected chi connectivity index (χ4v) is 5.51. The monoisotopic (exact) mass is 387 g/mol. The zero-order valence-electron chi connectivity index (χ0n) is 16.1. The molecule has 4 saturated carbocycles. The Kier molecular flexibility index (Phi) is 11.1. The van der Waals surface area contributed by atoms with Crippen molar-refractivity contribution in [2.45, 2.75) is 51.4 Å². The summed E-state index contributed by atoms with van der Waals surface area (Å²) in [5.74, 6) is 4.71. The molecule has 4 N–H and O–H groups in total. The van der Waals surface area contributed by atoms with Crippen LogP contribution in [0.1, 0.15) is 51.4 Å². The molecule has 0 unspecified atom stereocenters. The first-order valence-electron chi connectivity index (χ1n) is 10.7. The third-order valence-electron chi connectivity index (χ3n) is 6.37. The summed E-state index contributed by atoms with van der Waals surface area (Å²) in [6.45, 7) is 8.87. The second-order valence-corrected chi connectivity index (χ2v) is 8.59. The number of hydrogen-bond donors (Lipinski definition) is 4. The molecule has 0 atom stereocenters. The predicted molar refractivity (Wildman–Crippen MR) is 102 cm³/mol. The molecule has 145 valence electrons. The fraction of sp³-hybridized carbons (Fsp3) is 1.00. The summed E-state index contributed by atoms with van der Waals surface area (Å²) in [7, 11) is 0. The van der Waals surface area contributed by atoms with E-state index >= 15 is 0 Å². The maximum Gasteiger partial charge on any atom is 0.00767 e. The van der Waals surface area contributed by atoms with Crippen molar-refractivity contribution in [3.63, 3.8) is 0 Å². The average molecular weight is 388 g/mol. The Morgan fingerprint density at radius 1 is 0.360 bits per heavy atom. The van der Waals surface area contributed by atoms with Crippen molar-refractivity contribution in [3.8, 4) is 0 Å². The van der Waals surface area contributed by atoms with Crippen LogP contribution in [0.5, 0.6) is 0 Å². The van der Waals surface area contributed by atoms with E-state index in [-0.39, 0.29) is 18.6 Å². The summed E-state index contributed by atoms with van der Waals surface area (Å²) < 4.78 is 0. The van der Waals surface area contributed by atoms with Gasteiger partial charge in [0.25, 0.3) is 0 Å². The van der Waals surface area contributed by atoms with Crippen LogP contribution in [0.3, 0.4) is 0 Å². The SMILES string of the molecule is C1C2CC3CC1CC(C2)C3.C1CNCCNCCCNCCNC1.[V]. The Hall–Kier alpha value is 0.424. The minimum Gasteiger partial charge on any atom is -0.315 e. The molecular weight excluding hydrogens is 347 g/mol. The van der Waals surface area contributed by atoms with Crippen molar-refractivity contribution < 1.29 is 18.6 Å². The molecule has 5 fully saturated rings. The molecule has 0 amide bonds. The molecule has 0 spiro atoms. The summed E-state index contributed by atoms with van der Waals surface area (Å²) in [4.78, 5) is 0. The molecule has 1 radical (unpaired) electrons. The van der Waals surface area contributed by atoms with Gasteiger partial charge in [0.2, 0.25) is 0 Å². The van der Waals surface area contributed by atoms with Gasteiger partial charge in [-0.1, -0.05) is 0 Å². The number of hydrogen-bond acceptors (Lipinski definition) is 4. The van der Waals surface area contributed by atoms with E-state index in [1.165, 1.54) is 36.5 Å². The normalized spacial score (nSPS) is 36.5. The Bertz CT molecular complexity index is 230. The van der Waals surface area contributed by atoms with Gasteiger partial charge in [-0.15, -0.1) is 0 Å². The minimum absolute atomic E-state index is 0. The van der Waals surface area contributed by atoms with Crippen molar-refractivity contribution in [3.05, 3.63) is 0 Å². The molecule has 1 saturated heterocycles. The first kappa shape index (κ1) is 21.7. The molecule has 4 nitrogen and oxygen atoms in total. The van der Waals surface area contributed by atoms with E-state index in [2.05, 4.69) is 21.3 Å². The average Bonchev–Trinajstić information content (AvgIpc) is 2.56. The molecule has 5 aliphatic rings. The molecule has 5 heteroatoms. The van der Waals surface area contributed by atoms with Crippen molar-refractivity contribution in [2.75, 3.05) is 52.4 Å². The van der Waals surface area contributed by atoms with Gasteiger partial charge in [-0.3, -0.25) is 0 Å². The van der Waals surface area contributed by atoms with Gasteiger partial charge < -0.3 is 21.3 Å². The number of nitrogens with one attached hydrogen (secondary N) is 4. The van der Waals surface area contributed by atoms with E-state index in [1.807, 2.05) is 0 Å². The van der Waals surface area contributed by atoms with Crippen molar-refractivity contribution in [2.24, 2.45) is 23.7 Å². The molecule has 0 aromatic carbocycles. The Labute approximate surface area is 167 Å². The van der Waals surface area contributed by atoms with Gasteiger partial charge >= 0.3 is 0 Å². The molecule has 5 rings (SSSR count). The van der Waals surface area contributed by atoms with E-state index < -0.39 is 0 Å². The van der Waals surface area contributed by atoms with Gasteiger partial charge in [-0.25, -0.2) is 0 Å². The third-order valence-corrected chi connectivity index (χ3v) is 6.37. The molecular formula is C20H40N4V. The van der Waals surface area contributed by atoms with Gasteiger partial charge in [0, 0.05) is 44.7 Å². The van der Waals surface area contributed by atoms with Crippen LogP contribution < -0.4 is 21.3 Å². The van der Waals surface area contributed by atoms with Crippen LogP contribution in [0.15, 0.2) is 0 Å². The largest absolute Gasteiger partial charge is 0.315 e. The van der Waals surface area contributed by atoms with Gasteiger partial charge in [0.1, 0.15) is 0 Å². The molecule has 4 aliphatic carbocycles. The van der Waals surface area contributed by atoms with E-state index in [9.17, 15) is 0 Å². The summed E-state index contributed by atoms with van der Waals surface area (Å²) in [5.41, 5.74) is 0. The maximum atomic E-state index is 3.42. The summed E-state index contributed by atoms with van der Waals surface area (Å²) in [6.07, 6.45) is 12.1. The van der Waals surface area contributed by atoms with Crippen LogP contribution in [0.25, 0.3) is 0 Å². The molecule has 0 aromatic rings.